The molecule has 4 rings (SSSR count). The van der Waals surface area contributed by atoms with Gasteiger partial charge < -0.3 is 15.0 Å². The number of para-hydroxylation sites is 2. The van der Waals surface area contributed by atoms with Gasteiger partial charge in [0.05, 0.1) is 29.3 Å². The van der Waals surface area contributed by atoms with Crippen LogP contribution in [0.2, 0.25) is 0 Å². The number of imidazole rings is 1. The molecule has 156 valence electrons. The maximum Gasteiger partial charge on any atom is 0.404 e. The Morgan fingerprint density at radius 2 is 2.17 bits per heavy atom. The van der Waals surface area contributed by atoms with Gasteiger partial charge in [-0.25, -0.2) is 9.78 Å². The van der Waals surface area contributed by atoms with Crippen LogP contribution >= 0.6 is 0 Å². The zero-order valence-electron chi connectivity index (χ0n) is 17.2. The highest BCUT2D eigenvalue weighted by atomic mass is 16.4. The number of fused-ring (bicyclic) bond motifs is 2. The van der Waals surface area contributed by atoms with E-state index in [1.165, 1.54) is 17.7 Å². The molecular weight excluding hydrogens is 378 g/mol. The second-order valence-electron chi connectivity index (χ2n) is 7.66. The molecule has 1 aliphatic carbocycles. The van der Waals surface area contributed by atoms with Crippen molar-refractivity contribution in [2.45, 2.75) is 38.4 Å². The molecular formula is C23H27N5O2. The topological polar surface area (TPSA) is 83.3 Å². The van der Waals surface area contributed by atoms with E-state index in [2.05, 4.69) is 38.9 Å². The third kappa shape index (κ3) is 4.36. The number of aryl methyl sites for hydroxylation is 1. The van der Waals surface area contributed by atoms with E-state index in [4.69, 9.17) is 10.1 Å². The summed E-state index contributed by atoms with van der Waals surface area (Å²) in [5.41, 5.74) is 4.59. The van der Waals surface area contributed by atoms with Gasteiger partial charge in [0.15, 0.2) is 0 Å². The zero-order chi connectivity index (χ0) is 20.9. The predicted molar refractivity (Wildman–Crippen MR) is 116 cm³/mol. The Labute approximate surface area is 176 Å². The molecule has 1 aromatic carbocycles. The number of benzene rings is 1. The molecule has 0 saturated carbocycles. The first kappa shape index (κ1) is 20.1. The third-order valence-corrected chi connectivity index (χ3v) is 5.65. The molecule has 1 aliphatic rings. The van der Waals surface area contributed by atoms with E-state index in [0.29, 0.717) is 19.1 Å². The third-order valence-electron chi connectivity index (χ3n) is 5.65. The van der Waals surface area contributed by atoms with Crippen molar-refractivity contribution in [3.8, 4) is 0 Å². The summed E-state index contributed by atoms with van der Waals surface area (Å²) in [5, 5.41) is 11.1. The normalized spacial score (nSPS) is 16.3. The number of carboxylic acid groups (broad SMARTS) is 1. The van der Waals surface area contributed by atoms with E-state index in [0.717, 1.165) is 36.2 Å². The smallest absolute Gasteiger partial charge is 0.404 e. The lowest BCUT2D eigenvalue weighted by Gasteiger charge is -2.32. The summed E-state index contributed by atoms with van der Waals surface area (Å²) in [4.78, 5) is 22.5. The minimum atomic E-state index is -1.02. The molecule has 0 saturated heterocycles. The van der Waals surface area contributed by atoms with Crippen molar-refractivity contribution in [1.29, 1.82) is 0 Å². The van der Waals surface area contributed by atoms with Gasteiger partial charge in [0, 0.05) is 19.3 Å². The Hall–Kier alpha value is -3.19. The fraction of sp³-hybridized carbons (Fsp3) is 0.348. The van der Waals surface area contributed by atoms with Gasteiger partial charge in [0.1, 0.15) is 5.82 Å². The maximum atomic E-state index is 10.6. The van der Waals surface area contributed by atoms with E-state index in [9.17, 15) is 4.79 Å². The number of amides is 1. The van der Waals surface area contributed by atoms with Gasteiger partial charge in [0.25, 0.3) is 0 Å². The lowest BCUT2D eigenvalue weighted by Crippen LogP contribution is -2.29. The van der Waals surface area contributed by atoms with E-state index in [-0.39, 0.29) is 0 Å². The molecule has 2 aromatic heterocycles. The highest BCUT2D eigenvalue weighted by Crippen LogP contribution is 2.32. The molecule has 0 radical (unpaired) electrons. The fourth-order valence-electron chi connectivity index (χ4n) is 4.21. The van der Waals surface area contributed by atoms with Gasteiger partial charge in [0.2, 0.25) is 0 Å². The van der Waals surface area contributed by atoms with Gasteiger partial charge in [-0.1, -0.05) is 30.4 Å². The highest BCUT2D eigenvalue weighted by Gasteiger charge is 2.26. The molecule has 3 aromatic rings. The molecule has 2 N–H and O–H groups in total. The number of nitrogens with one attached hydrogen (secondary N) is 1. The number of pyridine rings is 1. The van der Waals surface area contributed by atoms with E-state index in [1.54, 1.807) is 0 Å². The minimum absolute atomic E-state index is 0.290. The molecule has 0 aliphatic heterocycles. The van der Waals surface area contributed by atoms with Crippen LogP contribution in [0.4, 0.5) is 4.79 Å². The predicted octanol–water partition coefficient (Wildman–Crippen LogP) is 3.76. The Bertz CT molecular complexity index is 1060. The largest absolute Gasteiger partial charge is 0.465 e. The Kier molecular flexibility index (Phi) is 6.09. The van der Waals surface area contributed by atoms with Crippen molar-refractivity contribution in [3.05, 3.63) is 71.8 Å². The molecule has 0 spiro atoms. The lowest BCUT2D eigenvalue weighted by molar-refractivity contribution is 0.195. The molecule has 0 bridgehead atoms. The quantitative estimate of drug-likeness (QED) is 0.585. The lowest BCUT2D eigenvalue weighted by atomic mass is 9.91. The minimum Gasteiger partial charge on any atom is -0.465 e. The number of allylic oxidation sites excluding steroid dienone is 1. The zero-order valence-corrected chi connectivity index (χ0v) is 17.2. The first-order chi connectivity index (χ1) is 14.6. The number of rotatable bonds is 7. The van der Waals surface area contributed by atoms with Crippen LogP contribution in [0.1, 0.15) is 36.0 Å². The number of aromatic nitrogens is 3. The van der Waals surface area contributed by atoms with Crippen LogP contribution in [0.3, 0.4) is 0 Å². The Morgan fingerprint density at radius 3 is 3.03 bits per heavy atom. The first-order valence-corrected chi connectivity index (χ1v) is 10.3. The summed E-state index contributed by atoms with van der Waals surface area (Å²) in [6, 6.07) is 12.6. The Morgan fingerprint density at radius 1 is 1.30 bits per heavy atom. The van der Waals surface area contributed by atoms with Gasteiger partial charge in [-0.3, -0.25) is 9.88 Å². The van der Waals surface area contributed by atoms with Crippen molar-refractivity contribution in [2.75, 3.05) is 13.6 Å². The van der Waals surface area contributed by atoms with Crippen molar-refractivity contribution in [3.63, 3.8) is 0 Å². The van der Waals surface area contributed by atoms with Crippen LogP contribution < -0.4 is 5.32 Å². The summed E-state index contributed by atoms with van der Waals surface area (Å²) in [5.74, 6) is 0.998. The standard InChI is InChI=1S/C23H27N5O2/c1-27(20-12-6-8-17-9-7-14-24-22(17)20)16-21-26-18-10-2-3-11-19(18)28(21)15-5-4-13-25-23(29)30/h2-5,7,9-11,14,20,25H,6,8,12-13,15-16H2,1H3,(H,29,30). The van der Waals surface area contributed by atoms with Crippen LogP contribution in [0.25, 0.3) is 11.0 Å². The van der Waals surface area contributed by atoms with Crippen LogP contribution in [-0.4, -0.2) is 44.2 Å². The summed E-state index contributed by atoms with van der Waals surface area (Å²) in [6.45, 7) is 1.66. The average molecular weight is 406 g/mol. The number of carbonyl (C=O) groups is 1. The van der Waals surface area contributed by atoms with Crippen LogP contribution in [0.15, 0.2) is 54.7 Å². The van der Waals surface area contributed by atoms with Crippen LogP contribution in [0, 0.1) is 0 Å². The summed E-state index contributed by atoms with van der Waals surface area (Å²) in [7, 11) is 2.14. The van der Waals surface area contributed by atoms with Crippen molar-refractivity contribution in [1.82, 2.24) is 24.8 Å². The SMILES string of the molecule is CN(Cc1nc2ccccc2n1CC=CCNC(=O)O)C1CCCc2cccnc21. The van der Waals surface area contributed by atoms with Gasteiger partial charge in [-0.2, -0.15) is 0 Å². The van der Waals surface area contributed by atoms with E-state index in [1.807, 2.05) is 42.6 Å². The summed E-state index contributed by atoms with van der Waals surface area (Å²) >= 11 is 0. The van der Waals surface area contributed by atoms with Crippen molar-refractivity contribution >= 4 is 17.1 Å². The Balaban J connectivity index is 1.56. The van der Waals surface area contributed by atoms with Crippen molar-refractivity contribution < 1.29 is 9.90 Å². The van der Waals surface area contributed by atoms with Crippen molar-refractivity contribution in [2.24, 2.45) is 0 Å². The van der Waals surface area contributed by atoms with E-state index < -0.39 is 6.09 Å². The molecule has 2 heterocycles. The first-order valence-electron chi connectivity index (χ1n) is 10.3. The molecule has 0 fully saturated rings. The highest BCUT2D eigenvalue weighted by molar-refractivity contribution is 5.76. The number of nitrogens with zero attached hydrogens (tertiary/aromatic N) is 4. The van der Waals surface area contributed by atoms with Gasteiger partial charge in [-0.15, -0.1) is 0 Å². The summed E-state index contributed by atoms with van der Waals surface area (Å²) < 4.78 is 2.20. The molecule has 7 heteroatoms. The maximum absolute atomic E-state index is 10.6. The van der Waals surface area contributed by atoms with Gasteiger partial charge >= 0.3 is 6.09 Å². The monoisotopic (exact) mass is 405 g/mol. The van der Waals surface area contributed by atoms with Gasteiger partial charge in [-0.05, 0) is 50.1 Å². The fourth-order valence-corrected chi connectivity index (χ4v) is 4.21. The van der Waals surface area contributed by atoms with E-state index >= 15 is 0 Å². The molecule has 1 unspecified atom stereocenters. The molecule has 1 atom stereocenters. The number of hydrogen-bond acceptors (Lipinski definition) is 4. The molecule has 1 amide bonds. The summed E-state index contributed by atoms with van der Waals surface area (Å²) in [6.07, 6.45) is 8.04. The second kappa shape index (κ2) is 9.09. The van der Waals surface area contributed by atoms with Crippen LogP contribution in [0.5, 0.6) is 0 Å². The van der Waals surface area contributed by atoms with Crippen LogP contribution in [-0.2, 0) is 19.5 Å². The average Bonchev–Trinajstić information content (AvgIpc) is 3.10. The second-order valence-corrected chi connectivity index (χ2v) is 7.66. The molecule has 7 nitrogen and oxygen atoms in total. The molecule has 30 heavy (non-hydrogen) atoms. The number of hydrogen-bond donors (Lipinski definition) is 2.